The van der Waals surface area contributed by atoms with Crippen molar-refractivity contribution in [3.63, 3.8) is 0 Å². The van der Waals surface area contributed by atoms with Crippen molar-refractivity contribution in [2.75, 3.05) is 5.32 Å². The highest BCUT2D eigenvalue weighted by Gasteiger charge is 2.22. The molecule has 0 aliphatic carbocycles. The molecule has 1 aromatic carbocycles. The number of benzene rings is 1. The first-order chi connectivity index (χ1) is 11.0. The van der Waals surface area contributed by atoms with Crippen LogP contribution in [-0.2, 0) is 9.53 Å². The van der Waals surface area contributed by atoms with Gasteiger partial charge in [-0.2, -0.15) is 8.78 Å². The Labute approximate surface area is 139 Å². The zero-order valence-electron chi connectivity index (χ0n) is 14.3. The third kappa shape index (κ3) is 6.39. The van der Waals surface area contributed by atoms with Crippen LogP contribution in [0.1, 0.15) is 33.3 Å². The van der Waals surface area contributed by atoms with Gasteiger partial charge in [0.15, 0.2) is 0 Å². The van der Waals surface area contributed by atoms with Gasteiger partial charge in [0.2, 0.25) is 5.91 Å². The van der Waals surface area contributed by atoms with Crippen LogP contribution in [0.25, 0.3) is 0 Å². The van der Waals surface area contributed by atoms with Gasteiger partial charge in [-0.25, -0.2) is 4.79 Å². The number of carbonyl (C=O) groups is 2. The average Bonchev–Trinajstić information content (AvgIpc) is 2.39. The predicted octanol–water partition coefficient (Wildman–Crippen LogP) is 3.45. The lowest BCUT2D eigenvalue weighted by atomic mass is 10.1. The number of ether oxygens (including phenoxy) is 2. The number of hydrogen-bond donors (Lipinski definition) is 2. The standard InChI is InChI=1S/C16H22F2N2O4/c1-9-7-6-8-11(23-14(17)18)12(9)20-13(21)10(2)19-15(22)24-16(3,4)5/h6-8,10,14H,1-5H3,(H,19,22)(H,20,21)/t10-/m1/s1. The Morgan fingerprint density at radius 1 is 1.21 bits per heavy atom. The van der Waals surface area contributed by atoms with E-state index in [1.807, 2.05) is 0 Å². The van der Waals surface area contributed by atoms with E-state index >= 15 is 0 Å². The van der Waals surface area contributed by atoms with Crippen molar-refractivity contribution in [1.29, 1.82) is 0 Å². The maximum atomic E-state index is 12.4. The molecule has 0 bridgehead atoms. The van der Waals surface area contributed by atoms with E-state index < -0.39 is 30.3 Å². The zero-order valence-corrected chi connectivity index (χ0v) is 14.3. The van der Waals surface area contributed by atoms with Crippen LogP contribution >= 0.6 is 0 Å². The second-order valence-corrected chi connectivity index (χ2v) is 6.18. The van der Waals surface area contributed by atoms with Crippen LogP contribution in [0.15, 0.2) is 18.2 Å². The number of nitrogens with one attached hydrogen (secondary N) is 2. The molecule has 0 saturated carbocycles. The molecule has 0 aliphatic rings. The van der Waals surface area contributed by atoms with Crippen molar-refractivity contribution < 1.29 is 27.8 Å². The molecule has 0 heterocycles. The Balaban J connectivity index is 2.79. The van der Waals surface area contributed by atoms with Crippen LogP contribution in [0.4, 0.5) is 19.3 Å². The highest BCUT2D eigenvalue weighted by molar-refractivity contribution is 5.98. The number of alkyl carbamates (subject to hydrolysis) is 1. The van der Waals surface area contributed by atoms with E-state index in [9.17, 15) is 18.4 Å². The summed E-state index contributed by atoms with van der Waals surface area (Å²) in [6.07, 6.45) is -0.751. The van der Waals surface area contributed by atoms with Gasteiger partial charge in [-0.15, -0.1) is 0 Å². The van der Waals surface area contributed by atoms with Gasteiger partial charge in [-0.3, -0.25) is 4.79 Å². The summed E-state index contributed by atoms with van der Waals surface area (Å²) in [6, 6.07) is 3.56. The summed E-state index contributed by atoms with van der Waals surface area (Å²) >= 11 is 0. The molecule has 134 valence electrons. The number of para-hydroxylation sites is 1. The van der Waals surface area contributed by atoms with E-state index in [2.05, 4.69) is 15.4 Å². The highest BCUT2D eigenvalue weighted by atomic mass is 19.3. The molecule has 1 rings (SSSR count). The van der Waals surface area contributed by atoms with Gasteiger partial charge in [0.1, 0.15) is 17.4 Å². The number of carbonyl (C=O) groups excluding carboxylic acids is 2. The first-order valence-corrected chi connectivity index (χ1v) is 7.34. The quantitative estimate of drug-likeness (QED) is 0.858. The molecule has 6 nitrogen and oxygen atoms in total. The molecule has 0 radical (unpaired) electrons. The third-order valence-corrected chi connectivity index (χ3v) is 2.83. The number of alkyl halides is 2. The summed E-state index contributed by atoms with van der Waals surface area (Å²) in [6.45, 7) is 5.15. The van der Waals surface area contributed by atoms with Gasteiger partial charge in [0, 0.05) is 0 Å². The van der Waals surface area contributed by atoms with Crippen molar-refractivity contribution in [3.05, 3.63) is 23.8 Å². The molecule has 1 aromatic rings. The van der Waals surface area contributed by atoms with Crippen molar-refractivity contribution in [2.45, 2.75) is 52.9 Å². The fourth-order valence-electron chi connectivity index (χ4n) is 1.78. The molecule has 0 fully saturated rings. The Hall–Kier alpha value is -2.38. The Kier molecular flexibility index (Phi) is 6.51. The molecule has 0 spiro atoms. The zero-order chi connectivity index (χ0) is 18.5. The fraction of sp³-hybridized carbons (Fsp3) is 0.500. The smallest absolute Gasteiger partial charge is 0.408 e. The van der Waals surface area contributed by atoms with Crippen LogP contribution < -0.4 is 15.4 Å². The van der Waals surface area contributed by atoms with Crippen LogP contribution in [0.5, 0.6) is 5.75 Å². The molecule has 1 atom stereocenters. The van der Waals surface area contributed by atoms with Crippen LogP contribution in [-0.4, -0.2) is 30.3 Å². The van der Waals surface area contributed by atoms with Gasteiger partial charge >= 0.3 is 12.7 Å². The summed E-state index contributed by atoms with van der Waals surface area (Å²) in [5.41, 5.74) is -0.0270. The average molecular weight is 344 g/mol. The normalized spacial score (nSPS) is 12.5. The molecule has 2 N–H and O–H groups in total. The monoisotopic (exact) mass is 344 g/mol. The number of halogens is 2. The Morgan fingerprint density at radius 3 is 2.38 bits per heavy atom. The van der Waals surface area contributed by atoms with E-state index in [1.165, 1.54) is 19.1 Å². The third-order valence-electron chi connectivity index (χ3n) is 2.83. The van der Waals surface area contributed by atoms with Crippen LogP contribution in [0, 0.1) is 6.92 Å². The predicted molar refractivity (Wildman–Crippen MR) is 85.3 cm³/mol. The Bertz CT molecular complexity index is 600. The molecule has 0 saturated heterocycles. The van der Waals surface area contributed by atoms with Gasteiger partial charge in [-0.05, 0) is 46.2 Å². The lowest BCUT2D eigenvalue weighted by Gasteiger charge is -2.22. The van der Waals surface area contributed by atoms with E-state index in [4.69, 9.17) is 4.74 Å². The van der Waals surface area contributed by atoms with E-state index in [0.717, 1.165) is 0 Å². The molecular formula is C16H22F2N2O4. The van der Waals surface area contributed by atoms with Gasteiger partial charge < -0.3 is 20.1 Å². The minimum atomic E-state index is -3.01. The van der Waals surface area contributed by atoms with Crippen LogP contribution in [0.2, 0.25) is 0 Å². The largest absolute Gasteiger partial charge is 0.444 e. The second-order valence-electron chi connectivity index (χ2n) is 6.18. The SMILES string of the molecule is Cc1cccc(OC(F)F)c1NC(=O)[C@@H](C)NC(=O)OC(C)(C)C. The summed E-state index contributed by atoms with van der Waals surface area (Å²) in [7, 11) is 0. The molecule has 0 unspecified atom stereocenters. The maximum absolute atomic E-state index is 12.4. The second kappa shape index (κ2) is 7.94. The number of amides is 2. The molecule has 2 amide bonds. The summed E-state index contributed by atoms with van der Waals surface area (Å²) in [4.78, 5) is 23.8. The molecule has 24 heavy (non-hydrogen) atoms. The van der Waals surface area contributed by atoms with E-state index in [-0.39, 0.29) is 11.4 Å². The number of hydrogen-bond acceptors (Lipinski definition) is 4. The van der Waals surface area contributed by atoms with Crippen LogP contribution in [0.3, 0.4) is 0 Å². The fourth-order valence-corrected chi connectivity index (χ4v) is 1.78. The molecular weight excluding hydrogens is 322 g/mol. The molecule has 0 aliphatic heterocycles. The number of rotatable bonds is 5. The maximum Gasteiger partial charge on any atom is 0.408 e. The van der Waals surface area contributed by atoms with E-state index in [0.29, 0.717) is 5.56 Å². The Morgan fingerprint density at radius 2 is 1.83 bits per heavy atom. The van der Waals surface area contributed by atoms with Crippen molar-refractivity contribution in [2.24, 2.45) is 0 Å². The summed E-state index contributed by atoms with van der Waals surface area (Å²) < 4.78 is 34.3. The summed E-state index contributed by atoms with van der Waals surface area (Å²) in [5.74, 6) is -0.739. The lowest BCUT2D eigenvalue weighted by Crippen LogP contribution is -2.44. The lowest BCUT2D eigenvalue weighted by molar-refractivity contribution is -0.117. The van der Waals surface area contributed by atoms with Gasteiger partial charge in [-0.1, -0.05) is 12.1 Å². The van der Waals surface area contributed by atoms with E-state index in [1.54, 1.807) is 33.8 Å². The number of aryl methyl sites for hydroxylation is 1. The van der Waals surface area contributed by atoms with Crippen molar-refractivity contribution in [1.82, 2.24) is 5.32 Å². The minimum absolute atomic E-state index is 0.126. The van der Waals surface area contributed by atoms with Gasteiger partial charge in [0.25, 0.3) is 0 Å². The van der Waals surface area contributed by atoms with Crippen molar-refractivity contribution >= 4 is 17.7 Å². The van der Waals surface area contributed by atoms with Gasteiger partial charge in [0.05, 0.1) is 5.69 Å². The summed E-state index contributed by atoms with van der Waals surface area (Å²) in [5, 5.41) is 4.86. The minimum Gasteiger partial charge on any atom is -0.444 e. The topological polar surface area (TPSA) is 76.7 Å². The molecule has 8 heteroatoms. The highest BCUT2D eigenvalue weighted by Crippen LogP contribution is 2.29. The number of anilines is 1. The van der Waals surface area contributed by atoms with Crippen molar-refractivity contribution in [3.8, 4) is 5.75 Å². The first-order valence-electron chi connectivity index (χ1n) is 7.34. The first kappa shape index (κ1) is 19.7. The molecule has 0 aromatic heterocycles.